The molecule has 2 aromatic rings. The van der Waals surface area contributed by atoms with Crippen molar-refractivity contribution in [2.24, 2.45) is 5.92 Å². The SMILES string of the molecule is CC(C)CCc1ccn2c(Br)cnc2c1. The molecule has 0 aromatic carbocycles. The summed E-state index contributed by atoms with van der Waals surface area (Å²) in [6.07, 6.45) is 6.28. The van der Waals surface area contributed by atoms with Gasteiger partial charge in [0.25, 0.3) is 0 Å². The van der Waals surface area contributed by atoms with Crippen LogP contribution in [0.2, 0.25) is 0 Å². The Morgan fingerprint density at radius 1 is 1.47 bits per heavy atom. The maximum atomic E-state index is 4.32. The van der Waals surface area contributed by atoms with Gasteiger partial charge in [-0.15, -0.1) is 0 Å². The lowest BCUT2D eigenvalue weighted by Crippen LogP contribution is -1.94. The molecule has 0 saturated carbocycles. The molecule has 15 heavy (non-hydrogen) atoms. The minimum Gasteiger partial charge on any atom is -0.294 e. The van der Waals surface area contributed by atoms with Crippen LogP contribution in [0.15, 0.2) is 29.1 Å². The van der Waals surface area contributed by atoms with Gasteiger partial charge in [0, 0.05) is 6.20 Å². The molecular weight excluding hydrogens is 252 g/mol. The van der Waals surface area contributed by atoms with E-state index in [1.807, 2.05) is 10.6 Å². The summed E-state index contributed by atoms with van der Waals surface area (Å²) in [6.45, 7) is 4.51. The third-order valence-electron chi connectivity index (χ3n) is 2.54. The van der Waals surface area contributed by atoms with Crippen LogP contribution in [0.4, 0.5) is 0 Å². The van der Waals surface area contributed by atoms with Crippen LogP contribution in [0, 0.1) is 5.92 Å². The van der Waals surface area contributed by atoms with Crippen molar-refractivity contribution in [1.29, 1.82) is 0 Å². The number of aryl methyl sites for hydroxylation is 1. The maximum absolute atomic E-state index is 4.32. The summed E-state index contributed by atoms with van der Waals surface area (Å²) < 4.78 is 3.05. The van der Waals surface area contributed by atoms with Gasteiger partial charge in [-0.3, -0.25) is 4.40 Å². The smallest absolute Gasteiger partial charge is 0.137 e. The van der Waals surface area contributed by atoms with Crippen molar-refractivity contribution in [3.63, 3.8) is 0 Å². The Morgan fingerprint density at radius 3 is 3.00 bits per heavy atom. The highest BCUT2D eigenvalue weighted by molar-refractivity contribution is 9.10. The van der Waals surface area contributed by atoms with Gasteiger partial charge in [-0.25, -0.2) is 4.98 Å². The molecule has 2 rings (SSSR count). The zero-order chi connectivity index (χ0) is 10.8. The van der Waals surface area contributed by atoms with E-state index in [9.17, 15) is 0 Å². The fourth-order valence-corrected chi connectivity index (χ4v) is 2.00. The molecule has 0 unspecified atom stereocenters. The molecule has 0 fully saturated rings. The Bertz CT molecular complexity index is 460. The van der Waals surface area contributed by atoms with Gasteiger partial charge in [-0.05, 0) is 52.4 Å². The molecule has 0 spiro atoms. The average molecular weight is 267 g/mol. The monoisotopic (exact) mass is 266 g/mol. The molecule has 0 atom stereocenters. The van der Waals surface area contributed by atoms with Gasteiger partial charge in [0.15, 0.2) is 0 Å². The van der Waals surface area contributed by atoms with Gasteiger partial charge >= 0.3 is 0 Å². The van der Waals surface area contributed by atoms with Crippen LogP contribution in [0.25, 0.3) is 5.65 Å². The van der Waals surface area contributed by atoms with E-state index < -0.39 is 0 Å². The number of imidazole rings is 1. The van der Waals surface area contributed by atoms with Crippen LogP contribution in [0.3, 0.4) is 0 Å². The molecule has 80 valence electrons. The van der Waals surface area contributed by atoms with Gasteiger partial charge in [0.05, 0.1) is 6.20 Å². The van der Waals surface area contributed by atoms with Crippen LogP contribution < -0.4 is 0 Å². The fourth-order valence-electron chi connectivity index (χ4n) is 1.60. The normalized spacial score (nSPS) is 11.5. The minimum atomic E-state index is 0.757. The molecule has 0 bridgehead atoms. The summed E-state index contributed by atoms with van der Waals surface area (Å²) in [5.41, 5.74) is 2.39. The van der Waals surface area contributed by atoms with Crippen LogP contribution in [-0.2, 0) is 6.42 Å². The summed E-state index contributed by atoms with van der Waals surface area (Å²) in [7, 11) is 0. The highest BCUT2D eigenvalue weighted by Gasteiger charge is 2.02. The van der Waals surface area contributed by atoms with E-state index in [0.29, 0.717) is 0 Å². The third kappa shape index (κ3) is 2.40. The van der Waals surface area contributed by atoms with Gasteiger partial charge < -0.3 is 0 Å². The molecule has 0 aliphatic carbocycles. The second kappa shape index (κ2) is 4.35. The van der Waals surface area contributed by atoms with E-state index in [1.54, 1.807) is 0 Å². The Balaban J connectivity index is 2.23. The summed E-state index contributed by atoms with van der Waals surface area (Å²) in [6, 6.07) is 4.33. The number of fused-ring (bicyclic) bond motifs is 1. The molecule has 0 N–H and O–H groups in total. The lowest BCUT2D eigenvalue weighted by atomic mass is 10.0. The van der Waals surface area contributed by atoms with Crippen molar-refractivity contribution >= 4 is 21.6 Å². The predicted octanol–water partition coefficient (Wildman–Crippen LogP) is 3.69. The molecule has 0 aliphatic heterocycles. The van der Waals surface area contributed by atoms with Crippen molar-refractivity contribution in [3.05, 3.63) is 34.7 Å². The molecular formula is C12H15BrN2. The van der Waals surface area contributed by atoms with E-state index in [-0.39, 0.29) is 0 Å². The molecule has 0 amide bonds. The average Bonchev–Trinajstić information content (AvgIpc) is 2.57. The van der Waals surface area contributed by atoms with Crippen LogP contribution in [0.5, 0.6) is 0 Å². The van der Waals surface area contributed by atoms with Gasteiger partial charge in [-0.1, -0.05) is 13.8 Å². The summed E-state index contributed by atoms with van der Waals surface area (Å²) in [4.78, 5) is 4.32. The zero-order valence-electron chi connectivity index (χ0n) is 9.07. The number of aromatic nitrogens is 2. The topological polar surface area (TPSA) is 17.3 Å². The Labute approximate surface area is 98.5 Å². The number of halogens is 1. The van der Waals surface area contributed by atoms with E-state index in [4.69, 9.17) is 0 Å². The molecule has 0 radical (unpaired) electrons. The molecule has 0 aliphatic rings. The van der Waals surface area contributed by atoms with Crippen molar-refractivity contribution < 1.29 is 0 Å². The van der Waals surface area contributed by atoms with E-state index in [2.05, 4.69) is 53.1 Å². The second-order valence-electron chi connectivity index (χ2n) is 4.28. The lowest BCUT2D eigenvalue weighted by Gasteiger charge is -2.05. The fraction of sp³-hybridized carbons (Fsp3) is 0.417. The molecule has 2 heterocycles. The Kier molecular flexibility index (Phi) is 3.10. The quantitative estimate of drug-likeness (QED) is 0.829. The molecule has 2 aromatic heterocycles. The largest absolute Gasteiger partial charge is 0.294 e. The van der Waals surface area contributed by atoms with Crippen LogP contribution in [0.1, 0.15) is 25.8 Å². The van der Waals surface area contributed by atoms with Crippen molar-refractivity contribution in [2.75, 3.05) is 0 Å². The molecule has 0 saturated heterocycles. The zero-order valence-corrected chi connectivity index (χ0v) is 10.7. The minimum absolute atomic E-state index is 0.757. The predicted molar refractivity (Wildman–Crippen MR) is 66.1 cm³/mol. The van der Waals surface area contributed by atoms with Crippen LogP contribution in [-0.4, -0.2) is 9.38 Å². The number of hydrogen-bond acceptors (Lipinski definition) is 1. The van der Waals surface area contributed by atoms with Crippen molar-refractivity contribution in [1.82, 2.24) is 9.38 Å². The Hall–Kier alpha value is -0.830. The number of rotatable bonds is 3. The first-order valence-electron chi connectivity index (χ1n) is 5.28. The molecule has 2 nitrogen and oxygen atoms in total. The highest BCUT2D eigenvalue weighted by Crippen LogP contribution is 2.16. The van der Waals surface area contributed by atoms with E-state index >= 15 is 0 Å². The second-order valence-corrected chi connectivity index (χ2v) is 5.09. The van der Waals surface area contributed by atoms with Crippen LogP contribution >= 0.6 is 15.9 Å². The standard InChI is InChI=1S/C12H15BrN2/c1-9(2)3-4-10-5-6-15-11(13)8-14-12(15)7-10/h5-9H,3-4H2,1-2H3. The van der Waals surface area contributed by atoms with Gasteiger partial charge in [0.1, 0.15) is 10.3 Å². The van der Waals surface area contributed by atoms with Crippen molar-refractivity contribution in [2.45, 2.75) is 26.7 Å². The van der Waals surface area contributed by atoms with Gasteiger partial charge in [0.2, 0.25) is 0 Å². The summed E-state index contributed by atoms with van der Waals surface area (Å²) in [5.74, 6) is 0.757. The maximum Gasteiger partial charge on any atom is 0.137 e. The first-order chi connectivity index (χ1) is 7.16. The lowest BCUT2D eigenvalue weighted by molar-refractivity contribution is 0.586. The van der Waals surface area contributed by atoms with Gasteiger partial charge in [-0.2, -0.15) is 0 Å². The Morgan fingerprint density at radius 2 is 2.27 bits per heavy atom. The third-order valence-corrected chi connectivity index (χ3v) is 3.13. The number of hydrogen-bond donors (Lipinski definition) is 0. The summed E-state index contributed by atoms with van der Waals surface area (Å²) >= 11 is 3.45. The highest BCUT2D eigenvalue weighted by atomic mass is 79.9. The number of nitrogens with zero attached hydrogens (tertiary/aromatic N) is 2. The first-order valence-corrected chi connectivity index (χ1v) is 6.07. The van der Waals surface area contributed by atoms with E-state index in [1.165, 1.54) is 12.0 Å². The molecule has 3 heteroatoms. The van der Waals surface area contributed by atoms with Crippen molar-refractivity contribution in [3.8, 4) is 0 Å². The van der Waals surface area contributed by atoms with E-state index in [0.717, 1.165) is 22.6 Å². The summed E-state index contributed by atoms with van der Waals surface area (Å²) in [5, 5.41) is 0. The first kappa shape index (κ1) is 10.7. The number of pyridine rings is 1.